The van der Waals surface area contributed by atoms with Crippen LogP contribution >= 0.6 is 0 Å². The second-order valence-electron chi connectivity index (χ2n) is 7.59. The minimum Gasteiger partial charge on any atom is -0.493 e. The first-order valence-corrected chi connectivity index (χ1v) is 10.5. The summed E-state index contributed by atoms with van der Waals surface area (Å²) in [6, 6.07) is 14.9. The maximum atomic E-state index is 13.5. The van der Waals surface area contributed by atoms with Gasteiger partial charge in [0.15, 0.2) is 11.5 Å². The maximum absolute atomic E-state index is 13.5. The van der Waals surface area contributed by atoms with Crippen molar-refractivity contribution in [2.45, 2.75) is 31.8 Å². The number of methoxy groups -OCH3 is 1. The van der Waals surface area contributed by atoms with Crippen LogP contribution in [0.5, 0.6) is 11.5 Å². The largest absolute Gasteiger partial charge is 0.493 e. The first-order chi connectivity index (χ1) is 15.6. The van der Waals surface area contributed by atoms with Crippen molar-refractivity contribution in [3.05, 3.63) is 78.1 Å². The maximum Gasteiger partial charge on any atom is 0.335 e. The quantitative estimate of drug-likeness (QED) is 0.560. The van der Waals surface area contributed by atoms with Gasteiger partial charge in [-0.2, -0.15) is 0 Å². The SMILES string of the molecule is COc1ccc(N(C(=O)c2cccnc2)c2ccc(C(=O)O)cc2)cc1OC1CCCC1. The molecular formula is C25H24N2O5. The molecule has 4 rings (SSSR count). The Balaban J connectivity index is 1.76. The van der Waals surface area contributed by atoms with Crippen molar-refractivity contribution in [3.63, 3.8) is 0 Å². The topological polar surface area (TPSA) is 89.0 Å². The van der Waals surface area contributed by atoms with Crippen LogP contribution in [0.4, 0.5) is 11.4 Å². The number of rotatable bonds is 7. The molecule has 1 fully saturated rings. The van der Waals surface area contributed by atoms with E-state index >= 15 is 0 Å². The summed E-state index contributed by atoms with van der Waals surface area (Å²) in [6.45, 7) is 0. The van der Waals surface area contributed by atoms with Crippen molar-refractivity contribution < 1.29 is 24.2 Å². The molecule has 1 aliphatic carbocycles. The molecule has 1 N–H and O–H groups in total. The Morgan fingerprint density at radius 2 is 1.69 bits per heavy atom. The number of carboxylic acids is 1. The van der Waals surface area contributed by atoms with Gasteiger partial charge in [0.05, 0.1) is 30.0 Å². The number of anilines is 2. The molecule has 32 heavy (non-hydrogen) atoms. The molecular weight excluding hydrogens is 408 g/mol. The summed E-state index contributed by atoms with van der Waals surface area (Å²) in [7, 11) is 1.58. The van der Waals surface area contributed by atoms with Crippen molar-refractivity contribution in [2.75, 3.05) is 12.0 Å². The Labute approximate surface area is 186 Å². The van der Waals surface area contributed by atoms with E-state index < -0.39 is 5.97 Å². The first-order valence-electron chi connectivity index (χ1n) is 10.5. The van der Waals surface area contributed by atoms with E-state index in [9.17, 15) is 14.7 Å². The summed E-state index contributed by atoms with van der Waals surface area (Å²) >= 11 is 0. The van der Waals surface area contributed by atoms with Gasteiger partial charge in [0.2, 0.25) is 0 Å². The van der Waals surface area contributed by atoms with Crippen LogP contribution in [-0.4, -0.2) is 35.2 Å². The molecule has 0 spiro atoms. The monoisotopic (exact) mass is 432 g/mol. The molecule has 1 aliphatic rings. The highest BCUT2D eigenvalue weighted by atomic mass is 16.5. The van der Waals surface area contributed by atoms with Gasteiger partial charge in [-0.3, -0.25) is 14.7 Å². The van der Waals surface area contributed by atoms with Crippen LogP contribution in [-0.2, 0) is 0 Å². The molecule has 0 aliphatic heterocycles. The molecule has 1 heterocycles. The lowest BCUT2D eigenvalue weighted by Gasteiger charge is -2.25. The van der Waals surface area contributed by atoms with Crippen molar-refractivity contribution >= 4 is 23.3 Å². The Bertz CT molecular complexity index is 1090. The fourth-order valence-corrected chi connectivity index (χ4v) is 3.84. The fraction of sp³-hybridized carbons (Fsp3) is 0.240. The number of carboxylic acid groups (broad SMARTS) is 1. The minimum absolute atomic E-state index is 0.122. The standard InChI is InChI=1S/C25H24N2O5/c1-31-22-13-12-20(15-23(22)32-21-6-2-3-7-21)27(24(28)18-5-4-14-26-16-18)19-10-8-17(9-11-19)25(29)30/h4-5,8-16,21H,2-3,6-7H2,1H3,(H,29,30). The molecule has 1 amide bonds. The van der Waals surface area contributed by atoms with Crippen molar-refractivity contribution in [2.24, 2.45) is 0 Å². The molecule has 0 unspecified atom stereocenters. The van der Waals surface area contributed by atoms with Gasteiger partial charge in [-0.1, -0.05) is 0 Å². The second kappa shape index (κ2) is 9.51. The third-order valence-electron chi connectivity index (χ3n) is 5.49. The van der Waals surface area contributed by atoms with Gasteiger partial charge < -0.3 is 14.6 Å². The summed E-state index contributed by atoms with van der Waals surface area (Å²) in [4.78, 5) is 30.3. The Kier molecular flexibility index (Phi) is 6.35. The molecule has 3 aromatic rings. The van der Waals surface area contributed by atoms with Crippen LogP contribution in [0.15, 0.2) is 67.0 Å². The van der Waals surface area contributed by atoms with Crippen LogP contribution in [0.3, 0.4) is 0 Å². The number of pyridine rings is 1. The molecule has 0 bridgehead atoms. The number of amides is 1. The number of carbonyl (C=O) groups excluding carboxylic acids is 1. The number of benzene rings is 2. The number of hydrogen-bond acceptors (Lipinski definition) is 5. The highest BCUT2D eigenvalue weighted by molar-refractivity contribution is 6.11. The van der Waals surface area contributed by atoms with E-state index in [1.165, 1.54) is 23.2 Å². The summed E-state index contributed by atoms with van der Waals surface area (Å²) in [5, 5.41) is 9.23. The zero-order valence-electron chi connectivity index (χ0n) is 17.7. The molecule has 7 nitrogen and oxygen atoms in total. The summed E-state index contributed by atoms with van der Waals surface area (Å²) in [5.74, 6) is -0.157. The highest BCUT2D eigenvalue weighted by Crippen LogP contribution is 2.37. The van der Waals surface area contributed by atoms with Crippen LogP contribution in [0.1, 0.15) is 46.4 Å². The van der Waals surface area contributed by atoms with Crippen molar-refractivity contribution in [1.82, 2.24) is 4.98 Å². The van der Waals surface area contributed by atoms with Gasteiger partial charge >= 0.3 is 5.97 Å². The molecule has 0 atom stereocenters. The Morgan fingerprint density at radius 3 is 2.31 bits per heavy atom. The van der Waals surface area contributed by atoms with Gasteiger partial charge in [-0.15, -0.1) is 0 Å². The van der Waals surface area contributed by atoms with Crippen molar-refractivity contribution in [1.29, 1.82) is 0 Å². The number of carbonyl (C=O) groups is 2. The molecule has 2 aromatic carbocycles. The average Bonchev–Trinajstić information content (AvgIpc) is 3.33. The third-order valence-corrected chi connectivity index (χ3v) is 5.49. The van der Waals surface area contributed by atoms with E-state index in [1.807, 2.05) is 0 Å². The normalized spacial score (nSPS) is 13.5. The van der Waals surface area contributed by atoms with E-state index in [4.69, 9.17) is 9.47 Å². The smallest absolute Gasteiger partial charge is 0.335 e. The highest BCUT2D eigenvalue weighted by Gasteiger charge is 2.24. The summed E-state index contributed by atoms with van der Waals surface area (Å²) in [6.07, 6.45) is 7.47. The average molecular weight is 432 g/mol. The predicted molar refractivity (Wildman–Crippen MR) is 120 cm³/mol. The number of aromatic carboxylic acids is 1. The lowest BCUT2D eigenvalue weighted by atomic mass is 10.1. The molecule has 0 radical (unpaired) electrons. The zero-order valence-corrected chi connectivity index (χ0v) is 17.7. The zero-order chi connectivity index (χ0) is 22.5. The Morgan fingerprint density at radius 1 is 0.969 bits per heavy atom. The van der Waals surface area contributed by atoms with E-state index in [2.05, 4.69) is 4.98 Å². The number of nitrogens with zero attached hydrogens (tertiary/aromatic N) is 2. The van der Waals surface area contributed by atoms with Crippen LogP contribution in [0, 0.1) is 0 Å². The summed E-state index contributed by atoms with van der Waals surface area (Å²) in [5.41, 5.74) is 1.66. The molecule has 0 saturated heterocycles. The molecule has 164 valence electrons. The number of aromatic nitrogens is 1. The molecule has 1 saturated carbocycles. The summed E-state index contributed by atoms with van der Waals surface area (Å²) < 4.78 is 11.7. The second-order valence-corrected chi connectivity index (χ2v) is 7.59. The third kappa shape index (κ3) is 4.56. The molecule has 7 heteroatoms. The minimum atomic E-state index is -1.03. The van der Waals surface area contributed by atoms with Crippen molar-refractivity contribution in [3.8, 4) is 11.5 Å². The number of ether oxygens (including phenoxy) is 2. The van der Waals surface area contributed by atoms with E-state index in [1.54, 1.807) is 55.8 Å². The Hall–Kier alpha value is -3.87. The molecule has 1 aromatic heterocycles. The number of hydrogen-bond donors (Lipinski definition) is 1. The van der Waals surface area contributed by atoms with Gasteiger partial charge in [0.1, 0.15) is 0 Å². The lowest BCUT2D eigenvalue weighted by molar-refractivity contribution is 0.0696. The van der Waals surface area contributed by atoms with Gasteiger partial charge in [-0.25, -0.2) is 4.79 Å². The fourth-order valence-electron chi connectivity index (χ4n) is 3.84. The van der Waals surface area contributed by atoms with E-state index in [0.29, 0.717) is 28.4 Å². The van der Waals surface area contributed by atoms with Crippen LogP contribution < -0.4 is 14.4 Å². The van der Waals surface area contributed by atoms with Gasteiger partial charge in [0.25, 0.3) is 5.91 Å². The predicted octanol–water partition coefficient (Wildman–Crippen LogP) is 5.09. The van der Waals surface area contributed by atoms with Crippen LogP contribution in [0.25, 0.3) is 0 Å². The first kappa shape index (κ1) is 21.4. The lowest BCUT2D eigenvalue weighted by Crippen LogP contribution is -2.26. The van der Waals surface area contributed by atoms with Gasteiger partial charge in [-0.05, 0) is 74.2 Å². The van der Waals surface area contributed by atoms with E-state index in [-0.39, 0.29) is 17.6 Å². The van der Waals surface area contributed by atoms with E-state index in [0.717, 1.165) is 25.7 Å². The van der Waals surface area contributed by atoms with Crippen LogP contribution in [0.2, 0.25) is 0 Å². The van der Waals surface area contributed by atoms with Gasteiger partial charge in [0, 0.05) is 24.1 Å².